The summed E-state index contributed by atoms with van der Waals surface area (Å²) in [7, 11) is 0. The van der Waals surface area contributed by atoms with E-state index in [1.165, 1.54) is 17.8 Å². The SMILES string of the molecule is CCCC1CCCCN1C(=O)c1csc(N)n1. The summed E-state index contributed by atoms with van der Waals surface area (Å²) in [6.07, 6.45) is 5.66. The van der Waals surface area contributed by atoms with Gasteiger partial charge < -0.3 is 10.6 Å². The Morgan fingerprint density at radius 2 is 2.47 bits per heavy atom. The summed E-state index contributed by atoms with van der Waals surface area (Å²) in [6.45, 7) is 3.03. The number of hydrogen-bond acceptors (Lipinski definition) is 4. The number of aromatic nitrogens is 1. The molecule has 0 bridgehead atoms. The molecule has 0 radical (unpaired) electrons. The lowest BCUT2D eigenvalue weighted by Crippen LogP contribution is -2.43. The number of thiazole rings is 1. The minimum atomic E-state index is 0.0519. The maximum atomic E-state index is 12.3. The zero-order chi connectivity index (χ0) is 12.3. The van der Waals surface area contributed by atoms with Gasteiger partial charge in [0, 0.05) is 18.0 Å². The molecule has 5 heteroatoms. The van der Waals surface area contributed by atoms with Gasteiger partial charge in [0.2, 0.25) is 0 Å². The number of hydrogen-bond donors (Lipinski definition) is 1. The van der Waals surface area contributed by atoms with E-state index in [1.54, 1.807) is 5.38 Å². The molecule has 1 aliphatic rings. The predicted octanol–water partition coefficient (Wildman–Crippen LogP) is 2.52. The monoisotopic (exact) mass is 253 g/mol. The van der Waals surface area contributed by atoms with Gasteiger partial charge in [-0.15, -0.1) is 11.3 Å². The number of carbonyl (C=O) groups excluding carboxylic acids is 1. The van der Waals surface area contributed by atoms with E-state index in [0.29, 0.717) is 16.9 Å². The fourth-order valence-electron chi connectivity index (χ4n) is 2.43. The van der Waals surface area contributed by atoms with Crippen LogP contribution in [0.1, 0.15) is 49.5 Å². The molecule has 94 valence electrons. The number of anilines is 1. The highest BCUT2D eigenvalue weighted by Crippen LogP contribution is 2.23. The van der Waals surface area contributed by atoms with Gasteiger partial charge in [-0.3, -0.25) is 4.79 Å². The molecular weight excluding hydrogens is 234 g/mol. The van der Waals surface area contributed by atoms with Gasteiger partial charge in [-0.1, -0.05) is 13.3 Å². The Balaban J connectivity index is 2.10. The molecule has 0 aromatic carbocycles. The maximum absolute atomic E-state index is 12.3. The molecule has 1 aliphatic heterocycles. The van der Waals surface area contributed by atoms with E-state index in [9.17, 15) is 4.79 Å². The van der Waals surface area contributed by atoms with Gasteiger partial charge in [0.15, 0.2) is 5.13 Å². The van der Waals surface area contributed by atoms with Crippen LogP contribution in [0.5, 0.6) is 0 Å². The average Bonchev–Trinajstić information content (AvgIpc) is 2.76. The van der Waals surface area contributed by atoms with Crippen LogP contribution in [0.4, 0.5) is 5.13 Å². The van der Waals surface area contributed by atoms with Gasteiger partial charge in [-0.05, 0) is 25.7 Å². The third-order valence-corrected chi connectivity index (χ3v) is 3.92. The molecule has 4 nitrogen and oxygen atoms in total. The van der Waals surface area contributed by atoms with E-state index in [1.807, 2.05) is 4.90 Å². The average molecular weight is 253 g/mol. The number of nitrogens with two attached hydrogens (primary N) is 1. The van der Waals surface area contributed by atoms with E-state index in [4.69, 9.17) is 5.73 Å². The first-order valence-corrected chi connectivity index (χ1v) is 7.12. The predicted molar refractivity (Wildman–Crippen MR) is 70.1 cm³/mol. The van der Waals surface area contributed by atoms with E-state index < -0.39 is 0 Å². The molecule has 0 saturated carbocycles. The van der Waals surface area contributed by atoms with Crippen LogP contribution in [0.25, 0.3) is 0 Å². The molecular formula is C12H19N3OS. The Morgan fingerprint density at radius 1 is 1.65 bits per heavy atom. The maximum Gasteiger partial charge on any atom is 0.273 e. The number of nitrogen functional groups attached to an aromatic ring is 1. The molecule has 0 aliphatic carbocycles. The molecule has 0 spiro atoms. The highest BCUT2D eigenvalue weighted by Gasteiger charge is 2.27. The van der Waals surface area contributed by atoms with Crippen molar-refractivity contribution in [1.29, 1.82) is 0 Å². The Hall–Kier alpha value is -1.10. The fraction of sp³-hybridized carbons (Fsp3) is 0.667. The summed E-state index contributed by atoms with van der Waals surface area (Å²) in [5.74, 6) is 0.0519. The first-order valence-electron chi connectivity index (χ1n) is 6.24. The molecule has 1 fully saturated rings. The number of rotatable bonds is 3. The second kappa shape index (κ2) is 5.49. The largest absolute Gasteiger partial charge is 0.375 e. The van der Waals surface area contributed by atoms with Gasteiger partial charge in [0.1, 0.15) is 5.69 Å². The Labute approximate surface area is 106 Å². The second-order valence-electron chi connectivity index (χ2n) is 4.51. The number of amides is 1. The van der Waals surface area contributed by atoms with Crippen LogP contribution in [-0.4, -0.2) is 28.4 Å². The number of likely N-dealkylation sites (tertiary alicyclic amines) is 1. The molecule has 2 heterocycles. The van der Waals surface area contributed by atoms with Crippen molar-refractivity contribution in [2.75, 3.05) is 12.3 Å². The van der Waals surface area contributed by atoms with Gasteiger partial charge in [0.05, 0.1) is 0 Å². The standard InChI is InChI=1S/C12H19N3OS/c1-2-5-9-6-3-4-7-15(9)11(16)10-8-17-12(13)14-10/h8-9H,2-7H2,1H3,(H2,13,14). The number of carbonyl (C=O) groups is 1. The zero-order valence-corrected chi connectivity index (χ0v) is 11.0. The van der Waals surface area contributed by atoms with Crippen LogP contribution in [0, 0.1) is 0 Å². The van der Waals surface area contributed by atoms with Crippen molar-refractivity contribution in [3.63, 3.8) is 0 Å². The molecule has 17 heavy (non-hydrogen) atoms. The van der Waals surface area contributed by atoms with Crippen LogP contribution in [0.2, 0.25) is 0 Å². The summed E-state index contributed by atoms with van der Waals surface area (Å²) >= 11 is 1.33. The first kappa shape index (κ1) is 12.4. The van der Waals surface area contributed by atoms with Crippen molar-refractivity contribution in [3.8, 4) is 0 Å². The lowest BCUT2D eigenvalue weighted by Gasteiger charge is -2.35. The van der Waals surface area contributed by atoms with Crippen molar-refractivity contribution in [2.24, 2.45) is 0 Å². The smallest absolute Gasteiger partial charge is 0.273 e. The third-order valence-electron chi connectivity index (χ3n) is 3.25. The summed E-state index contributed by atoms with van der Waals surface area (Å²) in [4.78, 5) is 18.4. The molecule has 1 saturated heterocycles. The second-order valence-corrected chi connectivity index (χ2v) is 5.40. The normalized spacial score (nSPS) is 20.5. The quantitative estimate of drug-likeness (QED) is 0.900. The van der Waals surface area contributed by atoms with Crippen LogP contribution >= 0.6 is 11.3 Å². The molecule has 2 rings (SSSR count). The van der Waals surface area contributed by atoms with Crippen LogP contribution in [-0.2, 0) is 0 Å². The Kier molecular flexibility index (Phi) is 3.99. The summed E-state index contributed by atoms with van der Waals surface area (Å²) < 4.78 is 0. The van der Waals surface area contributed by atoms with E-state index in [-0.39, 0.29) is 5.91 Å². The number of nitrogens with zero attached hydrogens (tertiary/aromatic N) is 2. The molecule has 1 atom stereocenters. The highest BCUT2D eigenvalue weighted by atomic mass is 32.1. The van der Waals surface area contributed by atoms with Crippen molar-refractivity contribution in [3.05, 3.63) is 11.1 Å². The molecule has 1 unspecified atom stereocenters. The van der Waals surface area contributed by atoms with E-state index in [2.05, 4.69) is 11.9 Å². The van der Waals surface area contributed by atoms with Crippen molar-refractivity contribution >= 4 is 22.4 Å². The third kappa shape index (κ3) is 2.77. The van der Waals surface area contributed by atoms with Gasteiger partial charge in [-0.2, -0.15) is 0 Å². The van der Waals surface area contributed by atoms with Crippen molar-refractivity contribution in [2.45, 2.75) is 45.1 Å². The van der Waals surface area contributed by atoms with Crippen molar-refractivity contribution < 1.29 is 4.79 Å². The summed E-state index contributed by atoms with van der Waals surface area (Å²) in [5, 5.41) is 2.23. The molecule has 2 N–H and O–H groups in total. The van der Waals surface area contributed by atoms with Gasteiger partial charge in [0.25, 0.3) is 5.91 Å². The van der Waals surface area contributed by atoms with Crippen LogP contribution < -0.4 is 5.73 Å². The lowest BCUT2D eigenvalue weighted by molar-refractivity contribution is 0.0595. The number of piperidine rings is 1. The zero-order valence-electron chi connectivity index (χ0n) is 10.2. The summed E-state index contributed by atoms with van der Waals surface area (Å²) in [5.41, 5.74) is 6.09. The lowest BCUT2D eigenvalue weighted by atomic mass is 9.98. The molecule has 1 amide bonds. The van der Waals surface area contributed by atoms with Crippen LogP contribution in [0.15, 0.2) is 5.38 Å². The first-order chi connectivity index (χ1) is 8.22. The molecule has 1 aromatic heterocycles. The van der Waals surface area contributed by atoms with Gasteiger partial charge in [-0.25, -0.2) is 4.98 Å². The summed E-state index contributed by atoms with van der Waals surface area (Å²) in [6, 6.07) is 0.393. The van der Waals surface area contributed by atoms with Gasteiger partial charge >= 0.3 is 0 Å². The highest BCUT2D eigenvalue weighted by molar-refractivity contribution is 7.13. The Bertz CT molecular complexity index is 389. The fourth-order valence-corrected chi connectivity index (χ4v) is 2.97. The minimum Gasteiger partial charge on any atom is -0.375 e. The topological polar surface area (TPSA) is 59.2 Å². The van der Waals surface area contributed by atoms with Crippen LogP contribution in [0.3, 0.4) is 0 Å². The van der Waals surface area contributed by atoms with E-state index >= 15 is 0 Å². The Morgan fingerprint density at radius 3 is 3.12 bits per heavy atom. The van der Waals surface area contributed by atoms with Crippen molar-refractivity contribution in [1.82, 2.24) is 9.88 Å². The van der Waals surface area contributed by atoms with E-state index in [0.717, 1.165) is 32.2 Å². The molecule has 1 aromatic rings. The minimum absolute atomic E-state index is 0.0519.